The van der Waals surface area contributed by atoms with E-state index in [1.54, 1.807) is 44.2 Å². The molecule has 0 saturated heterocycles. The average Bonchev–Trinajstić information content (AvgIpc) is 3.70. The molecule has 0 aliphatic carbocycles. The second kappa shape index (κ2) is 12.9. The van der Waals surface area contributed by atoms with Crippen LogP contribution in [0, 0.1) is 28.4 Å². The van der Waals surface area contributed by atoms with E-state index in [2.05, 4.69) is 16.4 Å². The molecule has 10 nitrogen and oxygen atoms in total. The van der Waals surface area contributed by atoms with Crippen LogP contribution in [0.4, 0.5) is 14.5 Å². The maximum atomic E-state index is 14.6. The summed E-state index contributed by atoms with van der Waals surface area (Å²) in [4.78, 5) is 17.8. The van der Waals surface area contributed by atoms with Gasteiger partial charge in [0.2, 0.25) is 15.9 Å². The monoisotopic (exact) mass is 698 g/mol. The Morgan fingerprint density at radius 3 is 2.36 bits per heavy atom. The number of sulfonamides is 1. The molecule has 0 fully saturated rings. The minimum absolute atomic E-state index is 0.0300. The number of furan rings is 1. The van der Waals surface area contributed by atoms with Crippen molar-refractivity contribution in [1.29, 1.82) is 5.26 Å². The van der Waals surface area contributed by atoms with Crippen LogP contribution in [-0.2, 0) is 10.0 Å². The Morgan fingerprint density at radius 2 is 1.72 bits per heavy atom. The van der Waals surface area contributed by atoms with Crippen LogP contribution < -0.4 is 14.4 Å². The second-order valence-electron chi connectivity index (χ2n) is 12.4. The molecule has 0 aliphatic heterocycles. The van der Waals surface area contributed by atoms with Gasteiger partial charge in [-0.1, -0.05) is 12.1 Å². The summed E-state index contributed by atoms with van der Waals surface area (Å²) in [5.74, 6) is -0.952. The molecule has 6 aromatic rings. The Balaban J connectivity index is 1.66. The number of methoxy groups -OCH3 is 1. The van der Waals surface area contributed by atoms with Crippen molar-refractivity contribution in [2.75, 3.05) is 31.3 Å². The van der Waals surface area contributed by atoms with E-state index in [1.165, 1.54) is 60.9 Å². The lowest BCUT2D eigenvalue weighted by atomic mass is 9.91. The predicted molar refractivity (Wildman–Crippen MR) is 186 cm³/mol. The fourth-order valence-corrected chi connectivity index (χ4v) is 6.63. The number of benzene rings is 4. The van der Waals surface area contributed by atoms with Crippen molar-refractivity contribution in [3.63, 3.8) is 0 Å². The number of nitrogens with zero attached hydrogens (tertiary/aromatic N) is 3. The first-order valence-corrected chi connectivity index (χ1v) is 17.3. The van der Waals surface area contributed by atoms with Crippen molar-refractivity contribution in [2.24, 2.45) is 5.41 Å². The minimum atomic E-state index is -3.96. The number of fused-ring (bicyclic) bond motifs is 2. The average molecular weight is 699 g/mol. The number of para-hydroxylation sites is 1. The number of aromatic nitrogens is 1. The van der Waals surface area contributed by atoms with E-state index in [0.29, 0.717) is 33.4 Å². The summed E-state index contributed by atoms with van der Waals surface area (Å²) in [6, 6.07) is 20.2. The van der Waals surface area contributed by atoms with Crippen LogP contribution in [0.25, 0.3) is 56.0 Å². The van der Waals surface area contributed by atoms with E-state index in [1.807, 2.05) is 0 Å². The molecule has 50 heavy (non-hydrogen) atoms. The zero-order valence-electron chi connectivity index (χ0n) is 27.8. The summed E-state index contributed by atoms with van der Waals surface area (Å²) in [6.45, 7) is 3.38. The number of anilines is 1. The molecule has 0 unspecified atom stereocenters. The number of ether oxygens (including phenoxy) is 1. The highest BCUT2D eigenvalue weighted by Crippen LogP contribution is 2.44. The van der Waals surface area contributed by atoms with Gasteiger partial charge in [0.15, 0.2) is 11.4 Å². The van der Waals surface area contributed by atoms with Gasteiger partial charge in [-0.15, -0.1) is 0 Å². The fourth-order valence-electron chi connectivity index (χ4n) is 5.70. The Hall–Kier alpha value is -5.74. The first-order valence-electron chi connectivity index (χ1n) is 15.5. The van der Waals surface area contributed by atoms with Gasteiger partial charge in [0.05, 0.1) is 41.7 Å². The van der Waals surface area contributed by atoms with Crippen molar-refractivity contribution >= 4 is 43.7 Å². The van der Waals surface area contributed by atoms with Crippen molar-refractivity contribution in [3.8, 4) is 45.7 Å². The maximum Gasteiger partial charge on any atom is 0.255 e. The molecular weight excluding hydrogens is 666 g/mol. The minimum Gasteiger partial charge on any atom is -0.496 e. The maximum absolute atomic E-state index is 14.6. The number of oxazole rings is 1. The molecule has 0 aliphatic rings. The van der Waals surface area contributed by atoms with Crippen LogP contribution in [0.2, 0.25) is 0 Å². The van der Waals surface area contributed by atoms with Gasteiger partial charge >= 0.3 is 0 Å². The number of amides is 1. The van der Waals surface area contributed by atoms with Crippen LogP contribution in [0.15, 0.2) is 81.6 Å². The van der Waals surface area contributed by atoms with Crippen LogP contribution in [0.5, 0.6) is 5.75 Å². The molecule has 13 heteroatoms. The Kier molecular flexibility index (Phi) is 8.84. The highest BCUT2D eigenvalue weighted by Gasteiger charge is 2.30. The lowest BCUT2D eigenvalue weighted by molar-refractivity contribution is 0.0964. The van der Waals surface area contributed by atoms with E-state index in [9.17, 15) is 27.3 Å². The van der Waals surface area contributed by atoms with E-state index >= 15 is 0 Å². The topological polar surface area (TPSA) is 139 Å². The lowest BCUT2D eigenvalue weighted by Gasteiger charge is -2.27. The highest BCUT2D eigenvalue weighted by atomic mass is 32.2. The zero-order chi connectivity index (χ0) is 36.0. The van der Waals surface area contributed by atoms with Gasteiger partial charge in [-0.25, -0.2) is 22.2 Å². The first-order chi connectivity index (χ1) is 23.7. The first kappa shape index (κ1) is 34.1. The summed E-state index contributed by atoms with van der Waals surface area (Å²) in [5, 5.41) is 12.7. The number of halogens is 2. The summed E-state index contributed by atoms with van der Waals surface area (Å²) in [5.41, 5.74) is 1.58. The highest BCUT2D eigenvalue weighted by molar-refractivity contribution is 7.92. The summed E-state index contributed by atoms with van der Waals surface area (Å²) >= 11 is 0. The van der Waals surface area contributed by atoms with Crippen molar-refractivity contribution in [2.45, 2.75) is 20.3 Å². The largest absolute Gasteiger partial charge is 0.496 e. The van der Waals surface area contributed by atoms with Gasteiger partial charge in [0.1, 0.15) is 28.4 Å². The third-order valence-corrected chi connectivity index (χ3v) is 9.57. The number of hydrogen-bond acceptors (Lipinski definition) is 8. The van der Waals surface area contributed by atoms with Gasteiger partial charge in [-0.05, 0) is 80.4 Å². The Morgan fingerprint density at radius 1 is 1.00 bits per heavy atom. The smallest absolute Gasteiger partial charge is 0.255 e. The van der Waals surface area contributed by atoms with E-state index in [4.69, 9.17) is 13.6 Å². The SMILES string of the molecule is CNC(=O)c1c(-c2ccc(F)cc2)oc2cc(N(CCC(C)(C)C#N)S(C)(=O)=O)c(-c3ccc(OC)c(-c4nc5c(F)cccc5o4)c3)cc12. The predicted octanol–water partition coefficient (Wildman–Crippen LogP) is 7.93. The Bertz CT molecular complexity index is 2430. The molecule has 1 amide bonds. The second-order valence-corrected chi connectivity index (χ2v) is 14.3. The standard InChI is InChI=1S/C37H32F2N4O6S/c1-37(2,20-40)15-16-43(50(5,45)46)28-19-31-25(32(35(44)41-3)34(48-31)21-9-12-23(38)13-10-21)18-24(28)22-11-14-29(47-4)26(17-22)36-42-33-27(39)7-6-8-30(33)49-36/h6-14,17-19H,15-16H2,1-5H3,(H,41,44). The third-order valence-electron chi connectivity index (χ3n) is 8.39. The number of nitrogens with one attached hydrogen (secondary N) is 1. The van der Waals surface area contributed by atoms with Gasteiger partial charge in [-0.2, -0.15) is 5.26 Å². The molecule has 0 atom stereocenters. The summed E-state index contributed by atoms with van der Waals surface area (Å²) in [6.07, 6.45) is 1.26. The van der Waals surface area contributed by atoms with Gasteiger partial charge in [0, 0.05) is 36.2 Å². The van der Waals surface area contributed by atoms with Crippen LogP contribution in [0.1, 0.15) is 30.6 Å². The molecular formula is C37H32F2N4O6S. The third kappa shape index (κ3) is 6.37. The number of carbonyl (C=O) groups excluding carboxylic acids is 1. The quantitative estimate of drug-likeness (QED) is 0.152. The van der Waals surface area contributed by atoms with Crippen molar-refractivity contribution in [1.82, 2.24) is 10.3 Å². The molecule has 2 aromatic heterocycles. The molecule has 0 radical (unpaired) electrons. The van der Waals surface area contributed by atoms with Crippen molar-refractivity contribution in [3.05, 3.63) is 90.0 Å². The van der Waals surface area contributed by atoms with Crippen LogP contribution in [0.3, 0.4) is 0 Å². The number of rotatable bonds is 10. The Labute approximate surface area is 286 Å². The molecule has 0 spiro atoms. The molecule has 2 heterocycles. The summed E-state index contributed by atoms with van der Waals surface area (Å²) in [7, 11) is -1.04. The van der Waals surface area contributed by atoms with Crippen LogP contribution >= 0.6 is 0 Å². The van der Waals surface area contributed by atoms with Gasteiger partial charge in [0.25, 0.3) is 5.91 Å². The number of nitriles is 1. The molecule has 6 rings (SSSR count). The normalized spacial score (nSPS) is 11.9. The number of hydrogen-bond donors (Lipinski definition) is 1. The van der Waals surface area contributed by atoms with Crippen molar-refractivity contribution < 1.29 is 35.6 Å². The van der Waals surface area contributed by atoms with E-state index in [-0.39, 0.29) is 52.6 Å². The molecule has 4 aromatic carbocycles. The summed E-state index contributed by atoms with van der Waals surface area (Å²) < 4.78 is 74.4. The van der Waals surface area contributed by atoms with Gasteiger partial charge < -0.3 is 18.9 Å². The van der Waals surface area contributed by atoms with Gasteiger partial charge in [-0.3, -0.25) is 9.10 Å². The molecule has 0 saturated carbocycles. The molecule has 256 valence electrons. The molecule has 1 N–H and O–H groups in total. The lowest BCUT2D eigenvalue weighted by Crippen LogP contribution is -2.33. The fraction of sp³-hybridized carbons (Fsp3) is 0.216. The zero-order valence-corrected chi connectivity index (χ0v) is 28.6. The molecule has 0 bridgehead atoms. The van der Waals surface area contributed by atoms with E-state index in [0.717, 1.165) is 6.26 Å². The van der Waals surface area contributed by atoms with E-state index < -0.39 is 33.0 Å². The number of carbonyl (C=O) groups is 1. The van der Waals surface area contributed by atoms with Crippen LogP contribution in [-0.4, -0.2) is 46.3 Å².